The molecule has 188 valence electrons. The van der Waals surface area contributed by atoms with Crippen molar-refractivity contribution in [3.8, 4) is 11.5 Å². The van der Waals surface area contributed by atoms with Crippen molar-refractivity contribution < 1.29 is 28.7 Å². The number of hydrogen-bond donors (Lipinski definition) is 3. The average Bonchev–Trinajstić information content (AvgIpc) is 3.42. The zero-order valence-corrected chi connectivity index (χ0v) is 20.3. The Morgan fingerprint density at radius 3 is 2.53 bits per heavy atom. The summed E-state index contributed by atoms with van der Waals surface area (Å²) >= 11 is 0. The Morgan fingerprint density at radius 2 is 1.83 bits per heavy atom. The molecular formula is C26H28N4O6. The van der Waals surface area contributed by atoms with Gasteiger partial charge in [-0.1, -0.05) is 24.3 Å². The average molecular weight is 493 g/mol. The van der Waals surface area contributed by atoms with Gasteiger partial charge in [-0.05, 0) is 36.6 Å². The highest BCUT2D eigenvalue weighted by molar-refractivity contribution is 6.15. The normalized spacial score (nSPS) is 26.2. The Labute approximate surface area is 208 Å². The minimum Gasteiger partial charge on any atom is -0.493 e. The van der Waals surface area contributed by atoms with Crippen LogP contribution in [0.25, 0.3) is 0 Å². The lowest BCUT2D eigenvalue weighted by atomic mass is 9.76. The molecule has 2 aromatic rings. The number of methoxy groups -OCH3 is 2. The zero-order chi connectivity index (χ0) is 25.8. The van der Waals surface area contributed by atoms with Gasteiger partial charge in [0, 0.05) is 30.3 Å². The van der Waals surface area contributed by atoms with Crippen LogP contribution in [0.15, 0.2) is 36.4 Å². The van der Waals surface area contributed by atoms with Crippen molar-refractivity contribution in [3.63, 3.8) is 0 Å². The van der Waals surface area contributed by atoms with Gasteiger partial charge in [0.25, 0.3) is 0 Å². The highest BCUT2D eigenvalue weighted by atomic mass is 16.5. The molecule has 10 heteroatoms. The molecule has 0 radical (unpaired) electrons. The summed E-state index contributed by atoms with van der Waals surface area (Å²) in [7, 11) is 3.08. The summed E-state index contributed by atoms with van der Waals surface area (Å²) in [5, 5.41) is 6.10. The number of amides is 4. The third-order valence-corrected chi connectivity index (χ3v) is 7.54. The van der Waals surface area contributed by atoms with Crippen molar-refractivity contribution >= 4 is 29.3 Å². The predicted molar refractivity (Wildman–Crippen MR) is 129 cm³/mol. The van der Waals surface area contributed by atoms with E-state index < -0.39 is 47.0 Å². The molecule has 2 aromatic carbocycles. The topological polar surface area (TPSA) is 140 Å². The maximum Gasteiger partial charge on any atom is 0.250 e. The van der Waals surface area contributed by atoms with Crippen molar-refractivity contribution in [1.82, 2.24) is 10.2 Å². The maximum atomic E-state index is 13.8. The molecule has 3 aliphatic heterocycles. The molecular weight excluding hydrogens is 464 g/mol. The number of benzene rings is 2. The Bertz CT molecular complexity index is 1290. The molecule has 4 atom stereocenters. The summed E-state index contributed by atoms with van der Waals surface area (Å²) < 4.78 is 10.6. The van der Waals surface area contributed by atoms with Crippen LogP contribution in [0.1, 0.15) is 23.1 Å². The number of fused-ring (bicyclic) bond motifs is 4. The minimum atomic E-state index is -1.45. The first-order valence-electron chi connectivity index (χ1n) is 11.8. The molecule has 0 saturated carbocycles. The van der Waals surface area contributed by atoms with E-state index in [4.69, 9.17) is 15.2 Å². The maximum absolute atomic E-state index is 13.8. The van der Waals surface area contributed by atoms with Crippen LogP contribution in [0.2, 0.25) is 0 Å². The number of likely N-dealkylation sites (tertiary alicyclic amines) is 1. The van der Waals surface area contributed by atoms with Crippen LogP contribution in [0.4, 0.5) is 5.69 Å². The van der Waals surface area contributed by atoms with Gasteiger partial charge < -0.3 is 20.5 Å². The highest BCUT2D eigenvalue weighted by Gasteiger charge is 2.70. The number of nitrogens with one attached hydrogen (secondary N) is 2. The van der Waals surface area contributed by atoms with Crippen LogP contribution in [0, 0.1) is 18.8 Å². The summed E-state index contributed by atoms with van der Waals surface area (Å²) in [5.41, 5.74) is 6.97. The number of ether oxygens (including phenoxy) is 2. The highest BCUT2D eigenvalue weighted by Crippen LogP contribution is 2.53. The number of carbonyl (C=O) groups is 4. The number of rotatable bonds is 7. The molecule has 3 aliphatic rings. The lowest BCUT2D eigenvalue weighted by molar-refractivity contribution is -0.142. The number of anilines is 1. The first-order chi connectivity index (χ1) is 17.2. The molecule has 1 spiro atoms. The number of imide groups is 1. The van der Waals surface area contributed by atoms with Gasteiger partial charge in [-0.3, -0.25) is 29.4 Å². The van der Waals surface area contributed by atoms with E-state index in [2.05, 4.69) is 10.6 Å². The molecule has 0 aromatic heterocycles. The second kappa shape index (κ2) is 8.63. The predicted octanol–water partition coefficient (Wildman–Crippen LogP) is 0.851. The molecule has 10 nitrogen and oxygen atoms in total. The minimum absolute atomic E-state index is 0.127. The van der Waals surface area contributed by atoms with E-state index in [9.17, 15) is 19.2 Å². The van der Waals surface area contributed by atoms with E-state index in [0.29, 0.717) is 29.2 Å². The smallest absolute Gasteiger partial charge is 0.250 e. The van der Waals surface area contributed by atoms with Crippen LogP contribution >= 0.6 is 0 Å². The number of hydrogen-bond acceptors (Lipinski definition) is 7. The van der Waals surface area contributed by atoms with Gasteiger partial charge >= 0.3 is 0 Å². The van der Waals surface area contributed by atoms with Gasteiger partial charge in [-0.25, -0.2) is 0 Å². The molecule has 36 heavy (non-hydrogen) atoms. The molecule has 2 saturated heterocycles. The van der Waals surface area contributed by atoms with Crippen LogP contribution in [-0.4, -0.2) is 55.3 Å². The van der Waals surface area contributed by atoms with E-state index in [1.165, 1.54) is 12.0 Å². The monoisotopic (exact) mass is 492 g/mol. The van der Waals surface area contributed by atoms with Gasteiger partial charge in [0.2, 0.25) is 23.6 Å². The van der Waals surface area contributed by atoms with Crippen LogP contribution in [-0.2, 0) is 31.1 Å². The Hall–Kier alpha value is -3.92. The van der Waals surface area contributed by atoms with Crippen molar-refractivity contribution in [2.75, 3.05) is 26.1 Å². The Balaban J connectivity index is 1.49. The molecule has 0 aliphatic carbocycles. The fraction of sp³-hybridized carbons (Fsp3) is 0.385. The molecule has 0 bridgehead atoms. The van der Waals surface area contributed by atoms with Gasteiger partial charge in [-0.15, -0.1) is 0 Å². The third-order valence-electron chi connectivity index (χ3n) is 7.54. The summed E-state index contributed by atoms with van der Waals surface area (Å²) in [6, 6.07) is 10.1. The molecule has 0 unspecified atom stereocenters. The van der Waals surface area contributed by atoms with E-state index in [1.807, 2.05) is 25.1 Å². The standard InChI is InChI=1S/C26H28N4O6/c1-13-5-4-6-15-22(13)28-25(34)26(15)21-20(16(29-26)12-19(27)31)23(32)30(24(21)33)10-9-14-7-8-17(35-2)18(11-14)36-3/h4-8,11,16,20-21,29H,9-10,12H2,1-3H3,(H2,27,31)(H,28,34)/t16-,20+,21+,26+/m0/s1. The first-order valence-corrected chi connectivity index (χ1v) is 11.8. The number of para-hydroxylation sites is 1. The van der Waals surface area contributed by atoms with Gasteiger partial charge in [0.05, 0.1) is 26.1 Å². The van der Waals surface area contributed by atoms with Crippen molar-refractivity contribution in [2.24, 2.45) is 17.6 Å². The third kappa shape index (κ3) is 3.35. The van der Waals surface area contributed by atoms with Crippen LogP contribution < -0.4 is 25.8 Å². The lowest BCUT2D eigenvalue weighted by Gasteiger charge is -2.29. The van der Waals surface area contributed by atoms with Gasteiger partial charge in [-0.2, -0.15) is 0 Å². The Kier molecular flexibility index (Phi) is 5.71. The number of aryl methyl sites for hydroxylation is 1. The molecule has 2 fully saturated rings. The molecule has 5 rings (SSSR count). The van der Waals surface area contributed by atoms with Crippen LogP contribution in [0.3, 0.4) is 0 Å². The fourth-order valence-corrected chi connectivity index (χ4v) is 5.92. The second-order valence-electron chi connectivity index (χ2n) is 9.45. The van der Waals surface area contributed by atoms with E-state index in [0.717, 1.165) is 11.1 Å². The van der Waals surface area contributed by atoms with Crippen LogP contribution in [0.5, 0.6) is 11.5 Å². The van der Waals surface area contributed by atoms with E-state index in [-0.39, 0.29) is 13.0 Å². The zero-order valence-electron chi connectivity index (χ0n) is 20.3. The number of nitrogens with zero attached hydrogens (tertiary/aromatic N) is 1. The van der Waals surface area contributed by atoms with Gasteiger partial charge in [0.15, 0.2) is 11.5 Å². The van der Waals surface area contributed by atoms with Crippen molar-refractivity contribution in [3.05, 3.63) is 53.1 Å². The van der Waals surface area contributed by atoms with E-state index >= 15 is 0 Å². The van der Waals surface area contributed by atoms with E-state index in [1.54, 1.807) is 25.3 Å². The van der Waals surface area contributed by atoms with Gasteiger partial charge in [0.1, 0.15) is 5.54 Å². The second-order valence-corrected chi connectivity index (χ2v) is 9.45. The summed E-state index contributed by atoms with van der Waals surface area (Å²) in [4.78, 5) is 53.9. The number of primary amides is 1. The molecule has 4 N–H and O–H groups in total. The fourth-order valence-electron chi connectivity index (χ4n) is 5.92. The quantitative estimate of drug-likeness (QED) is 0.487. The molecule has 3 heterocycles. The Morgan fingerprint density at radius 1 is 1.08 bits per heavy atom. The largest absolute Gasteiger partial charge is 0.493 e. The lowest BCUT2D eigenvalue weighted by Crippen LogP contribution is -2.53. The molecule has 4 amide bonds. The SMILES string of the molecule is COc1ccc(CCN2C(=O)[C@@H]3[C@H](CC(N)=O)N[C@@]4(C(=O)Nc5c(C)cccc54)[C@H]3C2=O)cc1OC. The van der Waals surface area contributed by atoms with Crippen molar-refractivity contribution in [1.29, 1.82) is 0 Å². The summed E-state index contributed by atoms with van der Waals surface area (Å²) in [6.45, 7) is 1.99. The summed E-state index contributed by atoms with van der Waals surface area (Å²) in [5.74, 6) is -2.61. The first kappa shape index (κ1) is 23.8. The van der Waals surface area contributed by atoms with Crippen molar-refractivity contribution in [2.45, 2.75) is 31.3 Å². The summed E-state index contributed by atoms with van der Waals surface area (Å²) in [6.07, 6.45) is 0.222. The number of nitrogens with two attached hydrogens (primary N) is 1. The number of carbonyl (C=O) groups excluding carboxylic acids is 4.